The maximum atomic E-state index is 12.0. The second-order valence-corrected chi connectivity index (χ2v) is 8.55. The number of hydrogen-bond donors (Lipinski definition) is 2. The number of aromatic nitrogens is 1. The molecular formula is C15H14BrN3O2S2. The average Bonchev–Trinajstić information content (AvgIpc) is 3.08. The van der Waals surface area contributed by atoms with Gasteiger partial charge in [-0.25, -0.2) is 13.1 Å². The number of rotatable bonds is 6. The van der Waals surface area contributed by atoms with Gasteiger partial charge in [0.25, 0.3) is 0 Å². The van der Waals surface area contributed by atoms with Gasteiger partial charge < -0.3 is 5.32 Å². The molecule has 0 spiro atoms. The van der Waals surface area contributed by atoms with Gasteiger partial charge in [0.1, 0.15) is 4.21 Å². The van der Waals surface area contributed by atoms with Gasteiger partial charge in [0.2, 0.25) is 10.0 Å². The van der Waals surface area contributed by atoms with Crippen molar-refractivity contribution < 1.29 is 8.42 Å². The number of nitrogens with one attached hydrogen (secondary N) is 2. The lowest BCUT2D eigenvalue weighted by Crippen LogP contribution is -2.28. The van der Waals surface area contributed by atoms with E-state index in [4.69, 9.17) is 0 Å². The molecule has 2 N–H and O–H groups in total. The van der Waals surface area contributed by atoms with Crippen LogP contribution in [0, 0.1) is 0 Å². The Balaban J connectivity index is 1.65. The van der Waals surface area contributed by atoms with Crippen LogP contribution in [0.2, 0.25) is 0 Å². The molecule has 0 aliphatic rings. The highest BCUT2D eigenvalue weighted by Crippen LogP contribution is 2.27. The summed E-state index contributed by atoms with van der Waals surface area (Å²) in [6, 6.07) is 11.0. The summed E-state index contributed by atoms with van der Waals surface area (Å²) in [5.41, 5.74) is 1.79. The predicted molar refractivity (Wildman–Crippen MR) is 97.4 cm³/mol. The van der Waals surface area contributed by atoms with Crippen molar-refractivity contribution in [3.63, 3.8) is 0 Å². The van der Waals surface area contributed by atoms with E-state index in [2.05, 4.69) is 31.0 Å². The summed E-state index contributed by atoms with van der Waals surface area (Å²) in [6.45, 7) is 0.786. The zero-order valence-electron chi connectivity index (χ0n) is 12.0. The van der Waals surface area contributed by atoms with Gasteiger partial charge in [0.05, 0.1) is 5.52 Å². The third kappa shape index (κ3) is 3.72. The summed E-state index contributed by atoms with van der Waals surface area (Å²) >= 11 is 4.68. The van der Waals surface area contributed by atoms with Crippen LogP contribution in [-0.2, 0) is 10.0 Å². The molecule has 1 aromatic carbocycles. The highest BCUT2D eigenvalue weighted by atomic mass is 79.9. The summed E-state index contributed by atoms with van der Waals surface area (Å²) < 4.78 is 27.9. The SMILES string of the molecule is O=S(=O)(NCCNc1ccnc2c(Br)cccc12)c1cccs1. The third-order valence-electron chi connectivity index (χ3n) is 3.21. The number of hydrogen-bond acceptors (Lipinski definition) is 5. The number of para-hydroxylation sites is 1. The molecule has 0 atom stereocenters. The smallest absolute Gasteiger partial charge is 0.250 e. The van der Waals surface area contributed by atoms with E-state index in [-0.39, 0.29) is 0 Å². The van der Waals surface area contributed by atoms with E-state index >= 15 is 0 Å². The standard InChI is InChI=1S/C15H14BrN3O2S2/c16-12-4-1-3-11-13(6-7-18-15(11)12)17-8-9-19-23(20,21)14-5-2-10-22-14/h1-7,10,19H,8-9H2,(H,17,18). The fraction of sp³-hybridized carbons (Fsp3) is 0.133. The molecule has 0 fully saturated rings. The van der Waals surface area contributed by atoms with E-state index in [1.54, 1.807) is 23.7 Å². The van der Waals surface area contributed by atoms with Crippen LogP contribution in [-0.4, -0.2) is 26.5 Å². The van der Waals surface area contributed by atoms with E-state index in [0.717, 1.165) is 21.1 Å². The third-order valence-corrected chi connectivity index (χ3v) is 6.71. The number of sulfonamides is 1. The molecule has 0 aliphatic heterocycles. The van der Waals surface area contributed by atoms with Crippen LogP contribution in [0.15, 0.2) is 56.7 Å². The summed E-state index contributed by atoms with van der Waals surface area (Å²) in [5, 5.41) is 5.98. The Morgan fingerprint density at radius 2 is 2.00 bits per heavy atom. The van der Waals surface area contributed by atoms with Gasteiger partial charge in [-0.1, -0.05) is 18.2 Å². The van der Waals surface area contributed by atoms with Gasteiger partial charge in [-0.15, -0.1) is 11.3 Å². The van der Waals surface area contributed by atoms with Crippen LogP contribution >= 0.6 is 27.3 Å². The summed E-state index contributed by atoms with van der Waals surface area (Å²) in [6.07, 6.45) is 1.73. The van der Waals surface area contributed by atoms with Gasteiger partial charge in [0.15, 0.2) is 0 Å². The molecule has 23 heavy (non-hydrogen) atoms. The Bertz CT molecular complexity index is 912. The summed E-state index contributed by atoms with van der Waals surface area (Å²) in [7, 11) is -3.41. The first kappa shape index (κ1) is 16.4. The van der Waals surface area contributed by atoms with Crippen LogP contribution in [0.25, 0.3) is 10.9 Å². The molecule has 0 unspecified atom stereocenters. The molecule has 0 radical (unpaired) electrons. The summed E-state index contributed by atoms with van der Waals surface area (Å²) in [4.78, 5) is 4.35. The number of benzene rings is 1. The Kier molecular flexibility index (Phi) is 4.96. The largest absolute Gasteiger partial charge is 0.383 e. The first-order valence-electron chi connectivity index (χ1n) is 6.88. The zero-order valence-corrected chi connectivity index (χ0v) is 15.2. The number of pyridine rings is 1. The molecule has 3 aromatic rings. The lowest BCUT2D eigenvalue weighted by Gasteiger charge is -2.10. The number of fused-ring (bicyclic) bond motifs is 1. The number of anilines is 1. The van der Waals surface area contributed by atoms with Crippen LogP contribution in [0.4, 0.5) is 5.69 Å². The van der Waals surface area contributed by atoms with E-state index in [1.165, 1.54) is 11.3 Å². The predicted octanol–water partition coefficient (Wildman–Crippen LogP) is 3.45. The average molecular weight is 412 g/mol. The van der Waals surface area contributed by atoms with Crippen LogP contribution in [0.3, 0.4) is 0 Å². The quantitative estimate of drug-likeness (QED) is 0.609. The molecule has 0 saturated heterocycles. The molecule has 120 valence electrons. The number of nitrogens with zero attached hydrogens (tertiary/aromatic N) is 1. The highest BCUT2D eigenvalue weighted by Gasteiger charge is 2.13. The van der Waals surface area contributed by atoms with E-state index in [1.807, 2.05) is 24.3 Å². The van der Waals surface area contributed by atoms with Gasteiger partial charge in [-0.3, -0.25) is 4.98 Å². The second kappa shape index (κ2) is 6.96. The molecule has 0 saturated carbocycles. The van der Waals surface area contributed by atoms with Crippen molar-refractivity contribution in [3.05, 3.63) is 52.4 Å². The van der Waals surface area contributed by atoms with Gasteiger partial charge >= 0.3 is 0 Å². The van der Waals surface area contributed by atoms with Crippen molar-refractivity contribution in [2.75, 3.05) is 18.4 Å². The minimum atomic E-state index is -3.41. The van der Waals surface area contributed by atoms with Crippen molar-refractivity contribution in [1.82, 2.24) is 9.71 Å². The maximum Gasteiger partial charge on any atom is 0.250 e. The van der Waals surface area contributed by atoms with Gasteiger partial charge in [0, 0.05) is 34.8 Å². The first-order chi connectivity index (χ1) is 11.1. The monoisotopic (exact) mass is 411 g/mol. The van der Waals surface area contributed by atoms with Crippen LogP contribution < -0.4 is 10.0 Å². The highest BCUT2D eigenvalue weighted by molar-refractivity contribution is 9.10. The topological polar surface area (TPSA) is 71.1 Å². The van der Waals surface area contributed by atoms with Crippen molar-refractivity contribution in [2.24, 2.45) is 0 Å². The van der Waals surface area contributed by atoms with E-state index in [9.17, 15) is 8.42 Å². The van der Waals surface area contributed by atoms with Crippen LogP contribution in [0.1, 0.15) is 0 Å². The number of thiophene rings is 1. The van der Waals surface area contributed by atoms with E-state index < -0.39 is 10.0 Å². The Hall–Kier alpha value is -1.48. The molecule has 5 nitrogen and oxygen atoms in total. The molecule has 3 rings (SSSR count). The van der Waals surface area contributed by atoms with E-state index in [0.29, 0.717) is 17.3 Å². The first-order valence-corrected chi connectivity index (χ1v) is 10.0. The van der Waals surface area contributed by atoms with Gasteiger partial charge in [-0.05, 0) is 39.5 Å². The second-order valence-electron chi connectivity index (χ2n) is 4.75. The lowest BCUT2D eigenvalue weighted by molar-refractivity contribution is 0.585. The van der Waals surface area contributed by atoms with Crippen molar-refractivity contribution in [2.45, 2.75) is 4.21 Å². The summed E-state index contributed by atoms with van der Waals surface area (Å²) in [5.74, 6) is 0. The fourth-order valence-corrected chi connectivity index (χ4v) is 4.70. The molecule has 0 aliphatic carbocycles. The normalized spacial score (nSPS) is 11.7. The molecule has 2 aromatic heterocycles. The molecule has 8 heteroatoms. The minimum Gasteiger partial charge on any atom is -0.383 e. The minimum absolute atomic E-state index is 0.304. The fourth-order valence-electron chi connectivity index (χ4n) is 2.16. The Labute approximate surface area is 146 Å². The maximum absolute atomic E-state index is 12.0. The van der Waals surface area contributed by atoms with Crippen molar-refractivity contribution in [3.8, 4) is 0 Å². The lowest BCUT2D eigenvalue weighted by atomic mass is 10.2. The molecular weight excluding hydrogens is 398 g/mol. The molecule has 0 amide bonds. The van der Waals surface area contributed by atoms with Crippen molar-refractivity contribution in [1.29, 1.82) is 0 Å². The number of halogens is 1. The van der Waals surface area contributed by atoms with Crippen LogP contribution in [0.5, 0.6) is 0 Å². The molecule has 0 bridgehead atoms. The Morgan fingerprint density at radius 3 is 2.78 bits per heavy atom. The van der Waals surface area contributed by atoms with Crippen molar-refractivity contribution >= 4 is 53.9 Å². The Morgan fingerprint density at radius 1 is 1.13 bits per heavy atom. The zero-order chi connectivity index (χ0) is 16.3. The molecule has 2 heterocycles. The van der Waals surface area contributed by atoms with Gasteiger partial charge in [-0.2, -0.15) is 0 Å².